The van der Waals surface area contributed by atoms with Crippen molar-refractivity contribution >= 4 is 29.0 Å². The van der Waals surface area contributed by atoms with Gasteiger partial charge in [0.1, 0.15) is 5.60 Å². The van der Waals surface area contributed by atoms with Gasteiger partial charge < -0.3 is 15.4 Å². The Kier molecular flexibility index (Phi) is 4.90. The number of halogens is 1. The molecule has 3 atom stereocenters. The van der Waals surface area contributed by atoms with Crippen LogP contribution in [0.1, 0.15) is 62.9 Å². The zero-order chi connectivity index (χ0) is 16.6. The van der Waals surface area contributed by atoms with Crippen LogP contribution < -0.4 is 10.6 Å². The lowest BCUT2D eigenvalue weighted by molar-refractivity contribution is 0.0497. The summed E-state index contributed by atoms with van der Waals surface area (Å²) in [5, 5.41) is 6.78. The highest BCUT2D eigenvalue weighted by atomic mass is 35.5. The first-order chi connectivity index (χ1) is 10.8. The van der Waals surface area contributed by atoms with Crippen molar-refractivity contribution < 1.29 is 9.53 Å². The molecule has 1 heterocycles. The number of hydrogen-bond donors (Lipinski definition) is 2. The van der Waals surface area contributed by atoms with E-state index in [-0.39, 0.29) is 12.1 Å². The molecule has 128 valence electrons. The van der Waals surface area contributed by atoms with Crippen molar-refractivity contribution in [2.75, 3.05) is 0 Å². The molecule has 23 heavy (non-hydrogen) atoms. The van der Waals surface area contributed by atoms with Crippen molar-refractivity contribution in [1.82, 2.24) is 10.6 Å². The fourth-order valence-electron chi connectivity index (χ4n) is 3.55. The molecule has 4 nitrogen and oxygen atoms in total. The molecule has 2 aliphatic rings. The highest BCUT2D eigenvalue weighted by Gasteiger charge is 2.34. The van der Waals surface area contributed by atoms with Gasteiger partial charge in [0.2, 0.25) is 0 Å². The third-order valence-corrected chi connectivity index (χ3v) is 5.82. The molecule has 1 fully saturated rings. The van der Waals surface area contributed by atoms with Crippen LogP contribution in [0.15, 0.2) is 6.07 Å². The normalized spacial score (nSPS) is 27.0. The Morgan fingerprint density at radius 2 is 2.04 bits per heavy atom. The van der Waals surface area contributed by atoms with Gasteiger partial charge in [-0.05, 0) is 64.5 Å². The summed E-state index contributed by atoms with van der Waals surface area (Å²) in [7, 11) is 0. The van der Waals surface area contributed by atoms with E-state index in [1.165, 1.54) is 10.4 Å². The van der Waals surface area contributed by atoms with Crippen LogP contribution in [0.25, 0.3) is 0 Å². The molecule has 3 rings (SSSR count). The number of nitrogens with one attached hydrogen (secondary N) is 2. The molecule has 0 saturated heterocycles. The summed E-state index contributed by atoms with van der Waals surface area (Å²) < 4.78 is 6.26. The van der Waals surface area contributed by atoms with Crippen molar-refractivity contribution in [2.24, 2.45) is 0 Å². The fraction of sp³-hybridized carbons (Fsp3) is 0.706. The van der Waals surface area contributed by atoms with E-state index in [1.54, 1.807) is 11.3 Å². The van der Waals surface area contributed by atoms with E-state index in [1.807, 2.05) is 20.8 Å². The van der Waals surface area contributed by atoms with Gasteiger partial charge in [-0.2, -0.15) is 0 Å². The van der Waals surface area contributed by atoms with Crippen molar-refractivity contribution in [1.29, 1.82) is 0 Å². The number of ether oxygens (including phenoxy) is 1. The predicted molar refractivity (Wildman–Crippen MR) is 94.3 cm³/mol. The summed E-state index contributed by atoms with van der Waals surface area (Å²) in [4.78, 5) is 13.4. The molecule has 0 radical (unpaired) electrons. The number of carbonyl (C=O) groups excluding carboxylic acids is 1. The molecule has 2 N–H and O–H groups in total. The minimum absolute atomic E-state index is 0.142. The Labute approximate surface area is 146 Å². The van der Waals surface area contributed by atoms with Gasteiger partial charge in [0.15, 0.2) is 0 Å². The van der Waals surface area contributed by atoms with Crippen LogP contribution in [0, 0.1) is 0 Å². The van der Waals surface area contributed by atoms with Gasteiger partial charge in [0, 0.05) is 23.0 Å². The Balaban J connectivity index is 1.58. The van der Waals surface area contributed by atoms with E-state index in [4.69, 9.17) is 16.3 Å². The molecule has 2 aliphatic carbocycles. The van der Waals surface area contributed by atoms with E-state index in [0.717, 1.165) is 36.4 Å². The molecule has 1 amide bonds. The molecule has 0 bridgehead atoms. The molecular formula is C17H25ClN2O2S. The average molecular weight is 357 g/mol. The van der Waals surface area contributed by atoms with Crippen molar-refractivity contribution in [3.8, 4) is 0 Å². The van der Waals surface area contributed by atoms with Gasteiger partial charge >= 0.3 is 6.09 Å². The monoisotopic (exact) mass is 356 g/mol. The SMILES string of the molecule is CC(C)(C)OC(=O)NC1CCCC1NC1CCc2sc(Cl)cc21. The van der Waals surface area contributed by atoms with Gasteiger partial charge in [-0.15, -0.1) is 11.3 Å². The summed E-state index contributed by atoms with van der Waals surface area (Å²) in [6.07, 6.45) is 5.12. The quantitative estimate of drug-likeness (QED) is 0.842. The number of fused-ring (bicyclic) bond motifs is 1. The first-order valence-corrected chi connectivity index (χ1v) is 9.55. The van der Waals surface area contributed by atoms with Crippen LogP contribution >= 0.6 is 22.9 Å². The lowest BCUT2D eigenvalue weighted by Gasteiger charge is -2.27. The molecule has 0 aliphatic heterocycles. The second kappa shape index (κ2) is 6.61. The number of aryl methyl sites for hydroxylation is 1. The number of alkyl carbamates (subject to hydrolysis) is 1. The smallest absolute Gasteiger partial charge is 0.407 e. The van der Waals surface area contributed by atoms with E-state index in [9.17, 15) is 4.79 Å². The van der Waals surface area contributed by atoms with Crippen LogP contribution in [0.2, 0.25) is 4.34 Å². The Morgan fingerprint density at radius 1 is 1.30 bits per heavy atom. The Morgan fingerprint density at radius 3 is 2.78 bits per heavy atom. The van der Waals surface area contributed by atoms with E-state index < -0.39 is 5.60 Å². The van der Waals surface area contributed by atoms with Crippen LogP contribution in [-0.2, 0) is 11.2 Å². The zero-order valence-corrected chi connectivity index (χ0v) is 15.5. The molecule has 6 heteroatoms. The van der Waals surface area contributed by atoms with Crippen molar-refractivity contribution in [2.45, 2.75) is 76.6 Å². The zero-order valence-electron chi connectivity index (χ0n) is 13.9. The third kappa shape index (κ3) is 4.20. The molecule has 3 unspecified atom stereocenters. The first kappa shape index (κ1) is 17.1. The maximum Gasteiger partial charge on any atom is 0.407 e. The number of rotatable bonds is 3. The van der Waals surface area contributed by atoms with Gasteiger partial charge in [-0.1, -0.05) is 11.6 Å². The number of amides is 1. The molecule has 1 aromatic heterocycles. The summed E-state index contributed by atoms with van der Waals surface area (Å²) >= 11 is 7.83. The minimum atomic E-state index is -0.459. The highest BCUT2D eigenvalue weighted by molar-refractivity contribution is 7.16. The Bertz CT molecular complexity index is 582. The largest absolute Gasteiger partial charge is 0.444 e. The van der Waals surface area contributed by atoms with Gasteiger partial charge in [-0.3, -0.25) is 0 Å². The highest BCUT2D eigenvalue weighted by Crippen LogP contribution is 2.40. The van der Waals surface area contributed by atoms with Crippen LogP contribution in [0.3, 0.4) is 0 Å². The van der Waals surface area contributed by atoms with Crippen LogP contribution in [0.5, 0.6) is 0 Å². The van der Waals surface area contributed by atoms with Crippen LogP contribution in [-0.4, -0.2) is 23.8 Å². The minimum Gasteiger partial charge on any atom is -0.444 e. The summed E-state index contributed by atoms with van der Waals surface area (Å²) in [5.74, 6) is 0. The second-order valence-corrected chi connectivity index (χ2v) is 9.25. The topological polar surface area (TPSA) is 50.4 Å². The fourth-order valence-corrected chi connectivity index (χ4v) is 4.91. The molecule has 1 aromatic rings. The lowest BCUT2D eigenvalue weighted by Crippen LogP contribution is -2.48. The van der Waals surface area contributed by atoms with Gasteiger partial charge in [0.25, 0.3) is 0 Å². The van der Waals surface area contributed by atoms with Gasteiger partial charge in [0.05, 0.1) is 4.34 Å². The third-order valence-electron chi connectivity index (χ3n) is 4.48. The van der Waals surface area contributed by atoms with E-state index >= 15 is 0 Å². The maximum atomic E-state index is 12.0. The summed E-state index contributed by atoms with van der Waals surface area (Å²) in [6.45, 7) is 5.66. The van der Waals surface area contributed by atoms with E-state index in [2.05, 4.69) is 16.7 Å². The molecular weight excluding hydrogens is 332 g/mol. The van der Waals surface area contributed by atoms with Gasteiger partial charge in [-0.25, -0.2) is 4.79 Å². The maximum absolute atomic E-state index is 12.0. The summed E-state index contributed by atoms with van der Waals surface area (Å²) in [5.41, 5.74) is 0.891. The van der Waals surface area contributed by atoms with E-state index in [0.29, 0.717) is 12.1 Å². The second-order valence-electron chi connectivity index (χ2n) is 7.48. The Hall–Kier alpha value is -0.780. The standard InChI is InChI=1S/C17H25ClN2O2S/c1-17(2,3)22-16(21)20-13-6-4-5-12(13)19-11-7-8-14-10(11)9-15(18)23-14/h9,11-13,19H,4-8H2,1-3H3,(H,20,21). The van der Waals surface area contributed by atoms with Crippen LogP contribution in [0.4, 0.5) is 4.79 Å². The number of carbonyl (C=O) groups is 1. The number of hydrogen-bond acceptors (Lipinski definition) is 4. The lowest BCUT2D eigenvalue weighted by atomic mass is 10.1. The average Bonchev–Trinajstić information content (AvgIpc) is 3.06. The molecule has 0 spiro atoms. The van der Waals surface area contributed by atoms with Crippen molar-refractivity contribution in [3.05, 3.63) is 20.8 Å². The summed E-state index contributed by atoms with van der Waals surface area (Å²) in [6, 6.07) is 2.90. The predicted octanol–water partition coefficient (Wildman–Crippen LogP) is 4.42. The van der Waals surface area contributed by atoms with Crippen molar-refractivity contribution in [3.63, 3.8) is 0 Å². The molecule has 1 saturated carbocycles. The first-order valence-electron chi connectivity index (χ1n) is 8.35. The molecule has 0 aromatic carbocycles. The number of thiophene rings is 1.